The first-order valence-corrected chi connectivity index (χ1v) is 9.70. The van der Waals surface area contributed by atoms with Gasteiger partial charge in [-0.15, -0.1) is 0 Å². The third-order valence-corrected chi connectivity index (χ3v) is 5.02. The normalized spacial score (nSPS) is 24.0. The van der Waals surface area contributed by atoms with Crippen molar-refractivity contribution < 1.29 is 0 Å². The van der Waals surface area contributed by atoms with Crippen LogP contribution in [0.3, 0.4) is 0 Å². The molecule has 2 aliphatic rings. The van der Waals surface area contributed by atoms with E-state index in [1.54, 1.807) is 0 Å². The molecule has 2 aliphatic heterocycles. The van der Waals surface area contributed by atoms with Gasteiger partial charge in [-0.2, -0.15) is 0 Å². The quantitative estimate of drug-likeness (QED) is 0.860. The lowest BCUT2D eigenvalue weighted by Crippen LogP contribution is -2.47. The van der Waals surface area contributed by atoms with E-state index in [1.807, 2.05) is 13.8 Å². The van der Waals surface area contributed by atoms with Gasteiger partial charge in [-0.05, 0) is 87.4 Å². The van der Waals surface area contributed by atoms with Crippen LogP contribution >= 0.6 is 0 Å². The topological polar surface area (TPSA) is 21.8 Å². The number of rotatable bonds is 3. The Hall–Kier alpha value is -0.160. The molecular weight excluding hydrogens is 284 g/mol. The van der Waals surface area contributed by atoms with E-state index >= 15 is 0 Å². The van der Waals surface area contributed by atoms with E-state index in [1.165, 1.54) is 51.9 Å². The van der Waals surface area contributed by atoms with E-state index in [0.29, 0.717) is 6.04 Å². The first-order chi connectivity index (χ1) is 10.9. The van der Waals surface area contributed by atoms with Crippen LogP contribution in [0.5, 0.6) is 0 Å². The lowest BCUT2D eigenvalue weighted by molar-refractivity contribution is 0.109. The second-order valence-electron chi connectivity index (χ2n) is 7.21. The van der Waals surface area contributed by atoms with Crippen molar-refractivity contribution in [3.05, 3.63) is 0 Å². The smallest absolute Gasteiger partial charge is 0.0217 e. The van der Waals surface area contributed by atoms with Crippen molar-refractivity contribution in [2.75, 3.05) is 54.4 Å². The Morgan fingerprint density at radius 2 is 1.57 bits per heavy atom. The molecule has 0 amide bonds. The SMILES string of the molecule is CC.CC(C)N1CCCC(N(C)C)C1.CNC1CCN(C)CC1. The summed E-state index contributed by atoms with van der Waals surface area (Å²) in [6.07, 6.45) is 5.36. The third-order valence-electron chi connectivity index (χ3n) is 5.02. The maximum atomic E-state index is 3.30. The Morgan fingerprint density at radius 1 is 1.00 bits per heavy atom. The second-order valence-corrected chi connectivity index (χ2v) is 7.21. The van der Waals surface area contributed by atoms with Gasteiger partial charge in [0.1, 0.15) is 0 Å². The molecule has 2 fully saturated rings. The van der Waals surface area contributed by atoms with E-state index in [4.69, 9.17) is 0 Å². The molecule has 1 atom stereocenters. The van der Waals surface area contributed by atoms with Gasteiger partial charge in [0, 0.05) is 24.7 Å². The number of hydrogen-bond acceptors (Lipinski definition) is 4. The highest BCUT2D eigenvalue weighted by Crippen LogP contribution is 2.15. The fraction of sp³-hybridized carbons (Fsp3) is 1.00. The van der Waals surface area contributed by atoms with Gasteiger partial charge in [-0.25, -0.2) is 0 Å². The highest BCUT2D eigenvalue weighted by molar-refractivity contribution is 4.79. The van der Waals surface area contributed by atoms with Gasteiger partial charge in [-0.1, -0.05) is 13.8 Å². The Labute approximate surface area is 146 Å². The maximum Gasteiger partial charge on any atom is 0.0217 e. The molecule has 1 N–H and O–H groups in total. The zero-order valence-electron chi connectivity index (χ0n) is 17.2. The standard InChI is InChI=1S/C10H22N2.C7H16N2.C2H6/c1-9(2)12-7-5-6-10(8-12)11(3)4;1-8-7-3-5-9(2)6-4-7;1-2/h9-10H,5-8H2,1-4H3;7-8H,3-6H2,1-2H3;1-2H3. The van der Waals surface area contributed by atoms with Crippen molar-refractivity contribution >= 4 is 0 Å². The summed E-state index contributed by atoms with van der Waals surface area (Å²) in [4.78, 5) is 7.32. The predicted molar refractivity (Wildman–Crippen MR) is 104 cm³/mol. The molecule has 2 rings (SSSR count). The summed E-state index contributed by atoms with van der Waals surface area (Å²) in [5.74, 6) is 0. The molecule has 0 aromatic carbocycles. The van der Waals surface area contributed by atoms with Gasteiger partial charge in [-0.3, -0.25) is 4.90 Å². The molecule has 0 aliphatic carbocycles. The molecule has 140 valence electrons. The van der Waals surface area contributed by atoms with Gasteiger partial charge < -0.3 is 15.1 Å². The van der Waals surface area contributed by atoms with E-state index in [-0.39, 0.29) is 0 Å². The maximum absolute atomic E-state index is 3.30. The molecule has 2 heterocycles. The molecule has 4 nitrogen and oxygen atoms in total. The molecule has 0 spiro atoms. The van der Waals surface area contributed by atoms with Crippen LogP contribution in [0.2, 0.25) is 0 Å². The molecule has 2 saturated heterocycles. The average Bonchev–Trinajstić information content (AvgIpc) is 2.58. The summed E-state index contributed by atoms with van der Waals surface area (Å²) in [6, 6.07) is 2.27. The van der Waals surface area contributed by atoms with Crippen molar-refractivity contribution in [3.63, 3.8) is 0 Å². The first-order valence-electron chi connectivity index (χ1n) is 9.70. The number of piperidine rings is 2. The summed E-state index contributed by atoms with van der Waals surface area (Å²) in [6.45, 7) is 13.6. The van der Waals surface area contributed by atoms with E-state index in [9.17, 15) is 0 Å². The Balaban J connectivity index is 0.000000392. The number of likely N-dealkylation sites (N-methyl/N-ethyl adjacent to an activating group) is 1. The molecule has 0 saturated carbocycles. The lowest BCUT2D eigenvalue weighted by Gasteiger charge is -2.38. The molecule has 0 aromatic rings. The minimum absolute atomic E-state index is 0.716. The number of nitrogens with one attached hydrogen (secondary N) is 1. The predicted octanol–water partition coefficient (Wildman–Crippen LogP) is 2.75. The van der Waals surface area contributed by atoms with Crippen molar-refractivity contribution in [3.8, 4) is 0 Å². The Morgan fingerprint density at radius 3 is 2.00 bits per heavy atom. The van der Waals surface area contributed by atoms with Crippen molar-refractivity contribution in [2.45, 2.75) is 71.5 Å². The van der Waals surface area contributed by atoms with Gasteiger partial charge in [0.2, 0.25) is 0 Å². The number of nitrogens with zero attached hydrogens (tertiary/aromatic N) is 3. The number of likely N-dealkylation sites (tertiary alicyclic amines) is 2. The summed E-state index contributed by atoms with van der Waals surface area (Å²) in [5, 5.41) is 3.30. The zero-order chi connectivity index (χ0) is 17.8. The van der Waals surface area contributed by atoms with Crippen LogP contribution in [-0.2, 0) is 0 Å². The van der Waals surface area contributed by atoms with Gasteiger partial charge in [0.25, 0.3) is 0 Å². The molecule has 0 bridgehead atoms. The van der Waals surface area contributed by atoms with Crippen LogP contribution in [0.1, 0.15) is 53.4 Å². The van der Waals surface area contributed by atoms with Crippen LogP contribution in [0.4, 0.5) is 0 Å². The number of hydrogen-bond donors (Lipinski definition) is 1. The fourth-order valence-electron chi connectivity index (χ4n) is 3.17. The van der Waals surface area contributed by atoms with Crippen LogP contribution < -0.4 is 5.32 Å². The van der Waals surface area contributed by atoms with Gasteiger partial charge in [0.05, 0.1) is 0 Å². The molecule has 1 unspecified atom stereocenters. The van der Waals surface area contributed by atoms with Gasteiger partial charge >= 0.3 is 0 Å². The third kappa shape index (κ3) is 9.65. The largest absolute Gasteiger partial charge is 0.317 e. The first kappa shape index (κ1) is 22.8. The van der Waals surface area contributed by atoms with Crippen LogP contribution in [0, 0.1) is 0 Å². The van der Waals surface area contributed by atoms with E-state index < -0.39 is 0 Å². The van der Waals surface area contributed by atoms with Crippen LogP contribution in [-0.4, -0.2) is 87.2 Å². The highest BCUT2D eigenvalue weighted by Gasteiger charge is 2.22. The van der Waals surface area contributed by atoms with Crippen molar-refractivity contribution in [2.24, 2.45) is 0 Å². The van der Waals surface area contributed by atoms with Crippen molar-refractivity contribution in [1.82, 2.24) is 20.0 Å². The van der Waals surface area contributed by atoms with E-state index in [2.05, 4.69) is 62.1 Å². The van der Waals surface area contributed by atoms with Crippen molar-refractivity contribution in [1.29, 1.82) is 0 Å². The Bertz CT molecular complexity index is 246. The summed E-state index contributed by atoms with van der Waals surface area (Å²) >= 11 is 0. The monoisotopic (exact) mass is 328 g/mol. The minimum atomic E-state index is 0.716. The molecule has 0 aromatic heterocycles. The summed E-state index contributed by atoms with van der Waals surface area (Å²) in [5.41, 5.74) is 0. The fourth-order valence-corrected chi connectivity index (χ4v) is 3.17. The second kappa shape index (κ2) is 13.2. The van der Waals surface area contributed by atoms with Crippen LogP contribution in [0.15, 0.2) is 0 Å². The van der Waals surface area contributed by atoms with Crippen LogP contribution in [0.25, 0.3) is 0 Å². The lowest BCUT2D eigenvalue weighted by atomic mass is 10.0. The minimum Gasteiger partial charge on any atom is -0.317 e. The zero-order valence-corrected chi connectivity index (χ0v) is 17.2. The van der Waals surface area contributed by atoms with Gasteiger partial charge in [0.15, 0.2) is 0 Å². The average molecular weight is 329 g/mol. The summed E-state index contributed by atoms with van der Waals surface area (Å²) < 4.78 is 0. The molecule has 23 heavy (non-hydrogen) atoms. The molecule has 4 heteroatoms. The molecule has 0 radical (unpaired) electrons. The highest BCUT2D eigenvalue weighted by atomic mass is 15.2. The van der Waals surface area contributed by atoms with E-state index in [0.717, 1.165) is 12.1 Å². The Kier molecular flexibility index (Phi) is 13.1. The molecular formula is C19H44N4. The summed E-state index contributed by atoms with van der Waals surface area (Å²) in [7, 11) is 8.62.